The zero-order chi connectivity index (χ0) is 20.1. The maximum Gasteiger partial charge on any atom is 0.156 e. The van der Waals surface area contributed by atoms with Crippen LogP contribution in [0.25, 0.3) is 11.1 Å². The molecule has 4 aromatic rings. The smallest absolute Gasteiger partial charge is 0.156 e. The summed E-state index contributed by atoms with van der Waals surface area (Å²) in [6.45, 7) is 6.85. The van der Waals surface area contributed by atoms with E-state index >= 15 is 0 Å². The molecular weight excluding hydrogens is 350 g/mol. The molecule has 0 spiro atoms. The van der Waals surface area contributed by atoms with Gasteiger partial charge < -0.3 is 0 Å². The van der Waals surface area contributed by atoms with Crippen molar-refractivity contribution in [1.29, 1.82) is 0 Å². The standard InChI is InChI=1S/C28H26N/c1-28(2,3)21-18-19-27-25(20-21)24-16-10-11-17-26(24)29(27,22-12-6-4-7-13-22)23-14-8-5-9-15-23/h4-20H,1-3H3/q+1. The SMILES string of the molecule is CC(C)(C)c1ccc2c(c1)-c1ccccc1[N+]2(c1ccccc1)c1ccccc1. The van der Waals surface area contributed by atoms with E-state index < -0.39 is 0 Å². The van der Waals surface area contributed by atoms with E-state index in [2.05, 4.69) is 124 Å². The molecule has 1 aliphatic rings. The lowest BCUT2D eigenvalue weighted by Gasteiger charge is -2.34. The van der Waals surface area contributed by atoms with Gasteiger partial charge in [-0.1, -0.05) is 75.4 Å². The quantitative estimate of drug-likeness (QED) is 0.272. The number of fused-ring (bicyclic) bond motifs is 3. The summed E-state index contributed by atoms with van der Waals surface area (Å²) in [5.41, 5.74) is 9.28. The predicted octanol–water partition coefficient (Wildman–Crippen LogP) is 8.27. The van der Waals surface area contributed by atoms with Gasteiger partial charge in [0.25, 0.3) is 0 Å². The molecule has 0 aromatic heterocycles. The van der Waals surface area contributed by atoms with Crippen molar-refractivity contribution < 1.29 is 0 Å². The Morgan fingerprint density at radius 1 is 0.517 bits per heavy atom. The monoisotopic (exact) mass is 376 g/mol. The molecule has 0 atom stereocenters. The second-order valence-electron chi connectivity index (χ2n) is 8.84. The number of hydrogen-bond acceptors (Lipinski definition) is 0. The van der Waals surface area contributed by atoms with Gasteiger partial charge in [0.2, 0.25) is 0 Å². The number of quaternary nitrogens is 1. The third-order valence-electron chi connectivity index (χ3n) is 6.07. The highest BCUT2D eigenvalue weighted by atomic mass is 15.4. The minimum absolute atomic E-state index is 0.113. The van der Waals surface area contributed by atoms with E-state index in [1.165, 1.54) is 39.4 Å². The lowest BCUT2D eigenvalue weighted by molar-refractivity contribution is 0.590. The fourth-order valence-corrected chi connectivity index (χ4v) is 4.64. The van der Waals surface area contributed by atoms with E-state index in [1.807, 2.05) is 0 Å². The summed E-state index contributed by atoms with van der Waals surface area (Å²) in [5.74, 6) is 0. The Hall–Kier alpha value is -3.16. The lowest BCUT2D eigenvalue weighted by atomic mass is 9.85. The molecule has 0 bridgehead atoms. The first-order chi connectivity index (χ1) is 14.0. The van der Waals surface area contributed by atoms with Crippen LogP contribution in [0.15, 0.2) is 103 Å². The molecule has 0 amide bonds. The Morgan fingerprint density at radius 2 is 1.03 bits per heavy atom. The molecule has 0 fully saturated rings. The van der Waals surface area contributed by atoms with Crippen LogP contribution in [0.3, 0.4) is 0 Å². The van der Waals surface area contributed by atoms with Gasteiger partial charge in [0.15, 0.2) is 11.4 Å². The molecule has 29 heavy (non-hydrogen) atoms. The van der Waals surface area contributed by atoms with Crippen molar-refractivity contribution in [2.24, 2.45) is 0 Å². The first kappa shape index (κ1) is 17.9. The van der Waals surface area contributed by atoms with Crippen LogP contribution in [0, 0.1) is 0 Å². The van der Waals surface area contributed by atoms with Gasteiger partial charge in [-0.15, -0.1) is 0 Å². The second-order valence-corrected chi connectivity index (χ2v) is 8.84. The molecule has 1 heterocycles. The van der Waals surface area contributed by atoms with Crippen LogP contribution in [0.2, 0.25) is 0 Å². The van der Waals surface area contributed by atoms with Crippen molar-refractivity contribution in [3.8, 4) is 11.1 Å². The topological polar surface area (TPSA) is 0 Å². The highest BCUT2D eigenvalue weighted by Crippen LogP contribution is 2.62. The van der Waals surface area contributed by atoms with Crippen LogP contribution >= 0.6 is 0 Å². The summed E-state index contributed by atoms with van der Waals surface area (Å²) < 4.78 is 0.623. The van der Waals surface area contributed by atoms with Gasteiger partial charge in [0, 0.05) is 36.4 Å². The van der Waals surface area contributed by atoms with Crippen LogP contribution in [0.1, 0.15) is 26.3 Å². The predicted molar refractivity (Wildman–Crippen MR) is 124 cm³/mol. The third kappa shape index (κ3) is 2.58. The first-order valence-corrected chi connectivity index (χ1v) is 10.3. The number of nitrogens with zero attached hydrogens (tertiary/aromatic N) is 1. The third-order valence-corrected chi connectivity index (χ3v) is 6.07. The van der Waals surface area contributed by atoms with Gasteiger partial charge in [-0.05, 0) is 23.1 Å². The van der Waals surface area contributed by atoms with Gasteiger partial charge >= 0.3 is 0 Å². The number of rotatable bonds is 2. The molecule has 1 nitrogen and oxygen atoms in total. The zero-order valence-electron chi connectivity index (χ0n) is 17.3. The summed E-state index contributed by atoms with van der Waals surface area (Å²) in [7, 11) is 0. The highest BCUT2D eigenvalue weighted by molar-refractivity contribution is 6.02. The average molecular weight is 377 g/mol. The Bertz CT molecular complexity index is 1130. The van der Waals surface area contributed by atoms with E-state index in [1.54, 1.807) is 0 Å². The summed E-state index contributed by atoms with van der Waals surface area (Å²) in [5, 5.41) is 0. The Balaban J connectivity index is 1.93. The Kier molecular flexibility index (Phi) is 3.97. The maximum absolute atomic E-state index is 2.40. The van der Waals surface area contributed by atoms with Crippen LogP contribution in [0.5, 0.6) is 0 Å². The molecule has 0 saturated carbocycles. The molecule has 0 radical (unpaired) electrons. The normalized spacial score (nSPS) is 14.3. The second kappa shape index (κ2) is 6.43. The van der Waals surface area contributed by atoms with E-state index in [9.17, 15) is 0 Å². The largest absolute Gasteiger partial charge is 0.193 e. The fourth-order valence-electron chi connectivity index (χ4n) is 4.64. The van der Waals surface area contributed by atoms with Crippen molar-refractivity contribution in [3.05, 3.63) is 109 Å². The molecule has 0 aliphatic carbocycles. The Morgan fingerprint density at radius 3 is 1.62 bits per heavy atom. The van der Waals surface area contributed by atoms with Crippen molar-refractivity contribution >= 4 is 22.7 Å². The van der Waals surface area contributed by atoms with Crippen LogP contribution in [-0.4, -0.2) is 0 Å². The van der Waals surface area contributed by atoms with Gasteiger partial charge in [-0.3, -0.25) is 0 Å². The number of hydrogen-bond donors (Lipinski definition) is 0. The zero-order valence-corrected chi connectivity index (χ0v) is 17.3. The van der Waals surface area contributed by atoms with Crippen molar-refractivity contribution in [3.63, 3.8) is 0 Å². The summed E-state index contributed by atoms with van der Waals surface area (Å²) in [6.07, 6.45) is 0. The van der Waals surface area contributed by atoms with Crippen molar-refractivity contribution in [1.82, 2.24) is 4.48 Å². The van der Waals surface area contributed by atoms with E-state index in [0.29, 0.717) is 4.48 Å². The van der Waals surface area contributed by atoms with Crippen LogP contribution in [-0.2, 0) is 5.41 Å². The number of para-hydroxylation sites is 3. The average Bonchev–Trinajstić information content (AvgIpc) is 3.05. The molecule has 1 heteroatoms. The minimum atomic E-state index is 0.113. The van der Waals surface area contributed by atoms with E-state index in [0.717, 1.165) is 0 Å². The molecule has 0 unspecified atom stereocenters. The highest BCUT2D eigenvalue weighted by Gasteiger charge is 2.47. The van der Waals surface area contributed by atoms with Crippen LogP contribution in [0.4, 0.5) is 22.7 Å². The number of benzene rings is 4. The lowest BCUT2D eigenvalue weighted by Crippen LogP contribution is -2.31. The minimum Gasteiger partial charge on any atom is -0.193 e. The first-order valence-electron chi connectivity index (χ1n) is 10.3. The van der Waals surface area contributed by atoms with Crippen molar-refractivity contribution in [2.45, 2.75) is 26.2 Å². The van der Waals surface area contributed by atoms with E-state index in [4.69, 9.17) is 0 Å². The molecular formula is C28H26N+. The fraction of sp³-hybridized carbons (Fsp3) is 0.143. The maximum atomic E-state index is 2.40. The van der Waals surface area contributed by atoms with Gasteiger partial charge in [-0.2, -0.15) is 4.48 Å². The molecule has 142 valence electrons. The van der Waals surface area contributed by atoms with Crippen molar-refractivity contribution in [2.75, 3.05) is 0 Å². The molecule has 0 N–H and O–H groups in total. The Labute approximate surface area is 173 Å². The summed E-state index contributed by atoms with van der Waals surface area (Å²) in [6, 6.07) is 37.7. The molecule has 0 saturated heterocycles. The molecule has 5 rings (SSSR count). The van der Waals surface area contributed by atoms with E-state index in [-0.39, 0.29) is 5.41 Å². The van der Waals surface area contributed by atoms with Gasteiger partial charge in [-0.25, -0.2) is 0 Å². The molecule has 4 aromatic carbocycles. The molecule has 1 aliphatic heterocycles. The summed E-state index contributed by atoms with van der Waals surface area (Å²) in [4.78, 5) is 0. The summed E-state index contributed by atoms with van der Waals surface area (Å²) >= 11 is 0. The van der Waals surface area contributed by atoms with Gasteiger partial charge in [0.1, 0.15) is 11.4 Å². The van der Waals surface area contributed by atoms with Crippen LogP contribution < -0.4 is 4.48 Å². The van der Waals surface area contributed by atoms with Gasteiger partial charge in [0.05, 0.1) is 11.1 Å².